The third kappa shape index (κ3) is 494. The second kappa shape index (κ2) is 9.00. The molecule has 0 aromatic rings. The maximum Gasteiger partial charge on any atom is 1.00 e. The molecule has 0 bridgehead atoms. The average molecular weight is 187 g/mol. The number of carboxylic acid groups (broad SMARTS) is 2. The minimum Gasteiger partial charge on any atom is -0.652 e. The molecule has 3 nitrogen and oxygen atoms in total. The number of hydrogen-bond donors (Lipinski definition) is 0. The maximum atomic E-state index is 8.33. The Labute approximate surface area is 55.7 Å². The van der Waals surface area contributed by atoms with Crippen LogP contribution < -0.4 is 10.2 Å². The van der Waals surface area contributed by atoms with Crippen molar-refractivity contribution in [3.8, 4) is 0 Å². The average Bonchev–Trinajstić information content (AvgIpc) is 0.811. The van der Waals surface area contributed by atoms with Gasteiger partial charge in [0.05, 0.1) is 0 Å². The summed E-state index contributed by atoms with van der Waals surface area (Å²) < 4.78 is 0. The topological polar surface area (TPSA) is 63.2 Å². The van der Waals surface area contributed by atoms with Crippen molar-refractivity contribution in [1.29, 1.82) is 0 Å². The Morgan fingerprint density at radius 3 is 1.17 bits per heavy atom. The Morgan fingerprint density at radius 2 is 1.17 bits per heavy atom. The Bertz CT molecular complexity index is 31.8. The van der Waals surface area contributed by atoms with Crippen LogP contribution in [0.5, 0.6) is 0 Å². The molecule has 0 atom stereocenters. The molecule has 0 aromatic heterocycles. The van der Waals surface area contributed by atoms with Gasteiger partial charge in [0.15, 0.2) is 0 Å². The van der Waals surface area contributed by atoms with Crippen LogP contribution in [0.15, 0.2) is 0 Å². The van der Waals surface area contributed by atoms with Crippen LogP contribution in [-0.2, 0) is 34.1 Å². The molecule has 0 N–H and O–H groups in total. The summed E-state index contributed by atoms with van der Waals surface area (Å²) in [6.45, 7) is 0. The third-order valence-corrected chi connectivity index (χ3v) is 0. The molecule has 0 saturated carbocycles. The van der Waals surface area contributed by atoms with E-state index in [1.54, 1.807) is 0 Å². The summed E-state index contributed by atoms with van der Waals surface area (Å²) in [5, 5.41) is 16.7. The Balaban J connectivity index is -0.0000000450. The molecule has 0 aliphatic heterocycles. The predicted octanol–water partition coefficient (Wildman–Crippen LogP) is -2.45. The van der Waals surface area contributed by atoms with Gasteiger partial charge in [-0.2, -0.15) is 0 Å². The van der Waals surface area contributed by atoms with Gasteiger partial charge in [-0.3, -0.25) is 0 Å². The Morgan fingerprint density at radius 1 is 1.17 bits per heavy atom. The zero-order valence-electron chi connectivity index (χ0n) is 2.33. The number of carbonyl (C=O) groups excluding carboxylic acids is 1. The summed E-state index contributed by atoms with van der Waals surface area (Å²) in [5.41, 5.74) is 0. The first kappa shape index (κ1) is 16.2. The van der Waals surface area contributed by atoms with Gasteiger partial charge in [-0.25, -0.2) is 0 Å². The molecule has 0 aliphatic carbocycles. The van der Waals surface area contributed by atoms with Crippen molar-refractivity contribution in [3.63, 3.8) is 0 Å². The molecule has 0 amide bonds. The minimum absolute atomic E-state index is 0. The zero-order valence-corrected chi connectivity index (χ0v) is 4.21. The van der Waals surface area contributed by atoms with Gasteiger partial charge in [-0.15, -0.1) is 0 Å². The van der Waals surface area contributed by atoms with E-state index in [0.29, 0.717) is 0 Å². The normalized spacial score (nSPS) is 4.00. The zero-order chi connectivity index (χ0) is 3.58. The van der Waals surface area contributed by atoms with Gasteiger partial charge in [0, 0.05) is 0 Å². The fraction of sp³-hybridized carbons (Fsp3) is 0. The van der Waals surface area contributed by atoms with Crippen LogP contribution in [0.25, 0.3) is 0 Å². The van der Waals surface area contributed by atoms with Crippen molar-refractivity contribution in [3.05, 3.63) is 0 Å². The van der Waals surface area contributed by atoms with Crippen molar-refractivity contribution in [2.24, 2.45) is 0 Å². The van der Waals surface area contributed by atoms with Gasteiger partial charge in [-0.05, 0) is 6.16 Å². The van der Waals surface area contributed by atoms with E-state index in [1.807, 2.05) is 0 Å². The van der Waals surface area contributed by atoms with Gasteiger partial charge in [0.1, 0.15) is 0 Å². The van der Waals surface area contributed by atoms with Crippen molar-refractivity contribution in [2.75, 3.05) is 0 Å². The van der Waals surface area contributed by atoms with Crippen molar-refractivity contribution in [2.45, 2.75) is 0 Å². The molecule has 0 aromatic carbocycles. The summed E-state index contributed by atoms with van der Waals surface area (Å²) in [6, 6.07) is 0. The fourth-order valence-corrected chi connectivity index (χ4v) is 0. The first-order valence-corrected chi connectivity index (χ1v) is 0.612. The van der Waals surface area contributed by atoms with E-state index < -0.39 is 6.16 Å². The van der Waals surface area contributed by atoms with Crippen molar-refractivity contribution >= 4 is 6.16 Å². The van der Waals surface area contributed by atoms with E-state index in [4.69, 9.17) is 15.0 Å². The first-order chi connectivity index (χ1) is 1.73. The molecule has 0 saturated heterocycles. The van der Waals surface area contributed by atoms with Crippen LogP contribution in [0.3, 0.4) is 0 Å². The summed E-state index contributed by atoms with van der Waals surface area (Å²) in [4.78, 5) is 8.33. The van der Waals surface area contributed by atoms with E-state index in [-0.39, 0.29) is 34.1 Å². The predicted molar refractivity (Wildman–Crippen MR) is 5.40 cm³/mol. The van der Waals surface area contributed by atoms with Crippen LogP contribution in [0, 0.1) is 0 Å². The van der Waals surface area contributed by atoms with E-state index in [1.165, 1.54) is 0 Å². The summed E-state index contributed by atoms with van der Waals surface area (Å²) >= 11 is 0. The van der Waals surface area contributed by atoms with Crippen LogP contribution in [0.2, 0.25) is 0 Å². The quantitative estimate of drug-likeness (QED) is 0.395. The molecule has 0 heterocycles. The standard InChI is InChI=1S/CH2O3.2Cu/c2-1(3)4;;/h(H2,2,3,4);;/q;2*+1/p-2. The Kier molecular flexibility index (Phi) is 24.4. The number of carbonyl (C=O) groups is 1. The number of rotatable bonds is 0. The van der Waals surface area contributed by atoms with Crippen LogP contribution in [-0.4, -0.2) is 6.16 Å². The second-order valence-corrected chi connectivity index (χ2v) is 0.250. The molecular formula is CCu2O3. The van der Waals surface area contributed by atoms with Gasteiger partial charge in [-0.1, -0.05) is 0 Å². The molecule has 0 spiro atoms. The molecule has 44 valence electrons. The van der Waals surface area contributed by atoms with Gasteiger partial charge in [0.2, 0.25) is 0 Å². The molecule has 0 aliphatic rings. The molecule has 5 heteroatoms. The van der Waals surface area contributed by atoms with Crippen LogP contribution in [0.4, 0.5) is 4.79 Å². The van der Waals surface area contributed by atoms with Gasteiger partial charge in [0.25, 0.3) is 0 Å². The molecule has 0 rings (SSSR count). The molecule has 0 fully saturated rings. The largest absolute Gasteiger partial charge is 1.00 e. The SMILES string of the molecule is O=C([O-])[O-].[Cu+].[Cu+]. The third-order valence-electron chi connectivity index (χ3n) is 0. The van der Waals surface area contributed by atoms with Gasteiger partial charge < -0.3 is 15.0 Å². The van der Waals surface area contributed by atoms with E-state index in [9.17, 15) is 0 Å². The van der Waals surface area contributed by atoms with Crippen molar-refractivity contribution < 1.29 is 49.1 Å². The van der Waals surface area contributed by atoms with Gasteiger partial charge >= 0.3 is 34.1 Å². The summed E-state index contributed by atoms with van der Waals surface area (Å²) in [5.74, 6) is 0. The number of hydrogen-bond acceptors (Lipinski definition) is 3. The van der Waals surface area contributed by atoms with Crippen molar-refractivity contribution in [1.82, 2.24) is 0 Å². The van der Waals surface area contributed by atoms with E-state index in [2.05, 4.69) is 0 Å². The molecule has 0 unspecified atom stereocenters. The van der Waals surface area contributed by atoms with E-state index >= 15 is 0 Å². The molecule has 6 heavy (non-hydrogen) atoms. The maximum absolute atomic E-state index is 8.33. The summed E-state index contributed by atoms with van der Waals surface area (Å²) in [7, 11) is 0. The smallest absolute Gasteiger partial charge is 0.652 e. The fourth-order valence-electron chi connectivity index (χ4n) is 0. The Hall–Kier alpha value is 0.309. The molecular weight excluding hydrogens is 187 g/mol. The summed E-state index contributed by atoms with van der Waals surface area (Å²) in [6.07, 6.45) is -2.33. The second-order valence-electron chi connectivity index (χ2n) is 0.250. The molecule has 0 radical (unpaired) electrons. The van der Waals surface area contributed by atoms with Crippen LogP contribution in [0.1, 0.15) is 0 Å². The van der Waals surface area contributed by atoms with Crippen LogP contribution >= 0.6 is 0 Å². The monoisotopic (exact) mass is 186 g/mol. The minimum atomic E-state index is -2.33. The first-order valence-electron chi connectivity index (χ1n) is 0.612. The van der Waals surface area contributed by atoms with E-state index in [0.717, 1.165) is 0 Å².